The summed E-state index contributed by atoms with van der Waals surface area (Å²) in [6.07, 6.45) is 0.274. The Balaban J connectivity index is 2.00. The maximum atomic E-state index is 12.2. The lowest BCUT2D eigenvalue weighted by Crippen LogP contribution is -2.29. The monoisotopic (exact) mass is 334 g/mol. The van der Waals surface area contributed by atoms with Gasteiger partial charge in [0, 0.05) is 29.6 Å². The number of ether oxygens (including phenoxy) is 1. The van der Waals surface area contributed by atoms with Gasteiger partial charge in [-0.05, 0) is 26.8 Å². The lowest BCUT2D eigenvalue weighted by Gasteiger charge is -2.18. The van der Waals surface area contributed by atoms with Gasteiger partial charge in [0.15, 0.2) is 0 Å². The summed E-state index contributed by atoms with van der Waals surface area (Å²) >= 11 is 1.16. The lowest BCUT2D eigenvalue weighted by molar-refractivity contribution is -0.121. The van der Waals surface area contributed by atoms with E-state index in [9.17, 15) is 9.59 Å². The molecule has 0 bridgehead atoms. The van der Waals surface area contributed by atoms with Crippen molar-refractivity contribution in [2.45, 2.75) is 39.8 Å². The van der Waals surface area contributed by atoms with E-state index in [0.29, 0.717) is 6.54 Å². The largest absolute Gasteiger partial charge is 0.496 e. The van der Waals surface area contributed by atoms with Gasteiger partial charge in [-0.15, -0.1) is 0 Å². The van der Waals surface area contributed by atoms with Crippen LogP contribution in [-0.2, 0) is 11.3 Å². The molecule has 0 aliphatic heterocycles. The average Bonchev–Trinajstić information content (AvgIpc) is 2.83. The van der Waals surface area contributed by atoms with Crippen molar-refractivity contribution >= 4 is 17.2 Å². The van der Waals surface area contributed by atoms with Crippen molar-refractivity contribution < 1.29 is 9.53 Å². The third kappa shape index (κ3) is 4.22. The molecule has 0 aliphatic rings. The fourth-order valence-electron chi connectivity index (χ4n) is 2.47. The molecule has 0 fully saturated rings. The summed E-state index contributed by atoms with van der Waals surface area (Å²) < 4.78 is 6.99. The SMILES string of the molecule is COc1ccc(C)cc1C(C)NC(=O)CCn1c(C)csc1=O. The number of aryl methyl sites for hydroxylation is 2. The average molecular weight is 334 g/mol. The second-order valence-corrected chi connectivity index (χ2v) is 6.40. The molecule has 5 nitrogen and oxygen atoms in total. The first kappa shape index (κ1) is 17.3. The first-order valence-electron chi connectivity index (χ1n) is 7.51. The van der Waals surface area contributed by atoms with Gasteiger partial charge >= 0.3 is 4.87 Å². The standard InChI is InChI=1S/C17H22N2O3S/c1-11-5-6-15(22-4)14(9-11)13(3)18-16(20)7-8-19-12(2)10-23-17(19)21/h5-6,9-10,13H,7-8H2,1-4H3,(H,18,20). The highest BCUT2D eigenvalue weighted by Crippen LogP contribution is 2.26. The van der Waals surface area contributed by atoms with Gasteiger partial charge in [-0.25, -0.2) is 0 Å². The van der Waals surface area contributed by atoms with Crippen LogP contribution in [0.5, 0.6) is 5.75 Å². The van der Waals surface area contributed by atoms with Crippen molar-refractivity contribution in [1.82, 2.24) is 9.88 Å². The second kappa shape index (κ2) is 7.46. The third-order valence-corrected chi connectivity index (χ3v) is 4.65. The van der Waals surface area contributed by atoms with Crippen LogP contribution < -0.4 is 14.9 Å². The summed E-state index contributed by atoms with van der Waals surface area (Å²) in [7, 11) is 1.62. The van der Waals surface area contributed by atoms with Crippen molar-refractivity contribution in [2.24, 2.45) is 0 Å². The second-order valence-electron chi connectivity index (χ2n) is 5.58. The molecule has 0 aliphatic carbocycles. The number of benzene rings is 1. The lowest BCUT2D eigenvalue weighted by atomic mass is 10.0. The molecular formula is C17H22N2O3S. The summed E-state index contributed by atoms with van der Waals surface area (Å²) in [5.41, 5.74) is 2.95. The van der Waals surface area contributed by atoms with E-state index in [1.807, 2.05) is 39.0 Å². The van der Waals surface area contributed by atoms with E-state index in [1.165, 1.54) is 0 Å². The van der Waals surface area contributed by atoms with Gasteiger partial charge in [-0.3, -0.25) is 9.59 Å². The first-order valence-corrected chi connectivity index (χ1v) is 8.39. The summed E-state index contributed by atoms with van der Waals surface area (Å²) in [6, 6.07) is 5.74. The van der Waals surface area contributed by atoms with E-state index in [0.717, 1.165) is 33.9 Å². The van der Waals surface area contributed by atoms with Gasteiger partial charge in [0.05, 0.1) is 13.2 Å². The molecule has 1 amide bonds. The molecule has 0 radical (unpaired) electrons. The number of hydrogen-bond acceptors (Lipinski definition) is 4. The predicted octanol–water partition coefficient (Wildman–Crippen LogP) is 2.80. The minimum atomic E-state index is -0.155. The van der Waals surface area contributed by atoms with E-state index in [4.69, 9.17) is 4.74 Å². The van der Waals surface area contributed by atoms with E-state index < -0.39 is 0 Å². The molecule has 1 N–H and O–H groups in total. The number of nitrogens with one attached hydrogen (secondary N) is 1. The highest BCUT2D eigenvalue weighted by molar-refractivity contribution is 7.07. The number of amides is 1. The third-order valence-electron chi connectivity index (χ3n) is 3.77. The number of aromatic nitrogens is 1. The maximum Gasteiger partial charge on any atom is 0.307 e. The van der Waals surface area contributed by atoms with Gasteiger partial charge < -0.3 is 14.6 Å². The van der Waals surface area contributed by atoms with Crippen LogP contribution in [-0.4, -0.2) is 17.6 Å². The van der Waals surface area contributed by atoms with Crippen LogP contribution in [0.3, 0.4) is 0 Å². The minimum absolute atomic E-state index is 0.0244. The molecule has 6 heteroatoms. The molecule has 0 saturated heterocycles. The Hall–Kier alpha value is -2.08. The number of carbonyl (C=O) groups is 1. The summed E-state index contributed by atoms with van der Waals surface area (Å²) in [4.78, 5) is 23.8. The molecule has 1 aromatic heterocycles. The molecule has 1 atom stereocenters. The Bertz CT molecular complexity index is 749. The summed E-state index contributed by atoms with van der Waals surface area (Å²) in [5, 5.41) is 4.77. The van der Waals surface area contributed by atoms with Gasteiger partial charge in [0.2, 0.25) is 5.91 Å². The zero-order valence-corrected chi connectivity index (χ0v) is 14.7. The number of carbonyl (C=O) groups excluding carboxylic acids is 1. The molecule has 2 aromatic rings. The van der Waals surface area contributed by atoms with E-state index >= 15 is 0 Å². The van der Waals surface area contributed by atoms with Crippen molar-refractivity contribution in [2.75, 3.05) is 7.11 Å². The van der Waals surface area contributed by atoms with Crippen LogP contribution >= 0.6 is 11.3 Å². The number of methoxy groups -OCH3 is 1. The fourth-order valence-corrected chi connectivity index (χ4v) is 3.23. The smallest absolute Gasteiger partial charge is 0.307 e. The molecule has 124 valence electrons. The zero-order chi connectivity index (χ0) is 17.0. The molecule has 0 saturated carbocycles. The normalized spacial score (nSPS) is 12.0. The number of rotatable bonds is 6. The molecule has 1 heterocycles. The van der Waals surface area contributed by atoms with Crippen LogP contribution in [0.2, 0.25) is 0 Å². The Morgan fingerprint density at radius 3 is 2.74 bits per heavy atom. The van der Waals surface area contributed by atoms with Crippen molar-refractivity contribution in [1.29, 1.82) is 0 Å². The van der Waals surface area contributed by atoms with Gasteiger partial charge in [-0.2, -0.15) is 0 Å². The van der Waals surface area contributed by atoms with E-state index in [-0.39, 0.29) is 23.2 Å². The van der Waals surface area contributed by atoms with Crippen LogP contribution in [0, 0.1) is 13.8 Å². The highest BCUT2D eigenvalue weighted by Gasteiger charge is 2.15. The Morgan fingerprint density at radius 2 is 2.13 bits per heavy atom. The molecule has 2 rings (SSSR count). The highest BCUT2D eigenvalue weighted by atomic mass is 32.1. The van der Waals surface area contributed by atoms with Crippen molar-refractivity contribution in [3.63, 3.8) is 0 Å². The predicted molar refractivity (Wildman–Crippen MR) is 92.2 cm³/mol. The van der Waals surface area contributed by atoms with Crippen LogP contribution in [0.15, 0.2) is 28.4 Å². The molecule has 1 unspecified atom stereocenters. The van der Waals surface area contributed by atoms with Crippen molar-refractivity contribution in [3.8, 4) is 5.75 Å². The van der Waals surface area contributed by atoms with E-state index in [1.54, 1.807) is 17.1 Å². The van der Waals surface area contributed by atoms with Crippen LogP contribution in [0.25, 0.3) is 0 Å². The quantitative estimate of drug-likeness (QED) is 0.884. The number of thiazole rings is 1. The molecule has 1 aromatic carbocycles. The molecular weight excluding hydrogens is 312 g/mol. The maximum absolute atomic E-state index is 12.2. The Morgan fingerprint density at radius 1 is 1.39 bits per heavy atom. The van der Waals surface area contributed by atoms with Gasteiger partial charge in [0.25, 0.3) is 0 Å². The zero-order valence-electron chi connectivity index (χ0n) is 13.9. The minimum Gasteiger partial charge on any atom is -0.496 e. The number of hydrogen-bond donors (Lipinski definition) is 1. The summed E-state index contributed by atoms with van der Waals surface area (Å²) in [5.74, 6) is 0.673. The van der Waals surface area contributed by atoms with Crippen molar-refractivity contribution in [3.05, 3.63) is 50.1 Å². The van der Waals surface area contributed by atoms with E-state index in [2.05, 4.69) is 5.32 Å². The first-order chi connectivity index (χ1) is 10.9. The number of nitrogens with zero attached hydrogens (tertiary/aromatic N) is 1. The molecule has 23 heavy (non-hydrogen) atoms. The van der Waals surface area contributed by atoms with Crippen LogP contribution in [0.4, 0.5) is 0 Å². The van der Waals surface area contributed by atoms with Crippen LogP contribution in [0.1, 0.15) is 36.2 Å². The van der Waals surface area contributed by atoms with Gasteiger partial charge in [-0.1, -0.05) is 29.0 Å². The topological polar surface area (TPSA) is 60.3 Å². The summed E-state index contributed by atoms with van der Waals surface area (Å²) in [6.45, 7) is 6.20. The Kier molecular flexibility index (Phi) is 5.60. The van der Waals surface area contributed by atoms with Gasteiger partial charge in [0.1, 0.15) is 5.75 Å². The molecule has 0 spiro atoms. The fraction of sp³-hybridized carbons (Fsp3) is 0.412. The Labute approximate surface area is 139 Å².